The Morgan fingerprint density at radius 1 is 1.00 bits per heavy atom. The monoisotopic (exact) mass is 320 g/mol. The van der Waals surface area contributed by atoms with E-state index in [9.17, 15) is 9.59 Å². The molecular formula is C19H16N2O3. The fourth-order valence-corrected chi connectivity index (χ4v) is 3.23. The highest BCUT2D eigenvalue weighted by atomic mass is 16.4. The van der Waals surface area contributed by atoms with Gasteiger partial charge in [-0.1, -0.05) is 6.07 Å². The van der Waals surface area contributed by atoms with Gasteiger partial charge < -0.3 is 15.0 Å². The van der Waals surface area contributed by atoms with Crippen molar-refractivity contribution in [3.8, 4) is 0 Å². The number of hydrogen-bond donors (Lipinski definition) is 2. The Kier molecular flexibility index (Phi) is 3.34. The molecule has 0 atom stereocenters. The number of nitrogens with one attached hydrogen (secondary N) is 1. The minimum Gasteiger partial charge on any atom is -0.478 e. The molecule has 24 heavy (non-hydrogen) atoms. The standard InChI is InChI=1S/C19H16N2O3/c22-18(14-3-4-17-13(9-14)5-7-20-17)21-8-6-12-1-2-15(19(23)24)10-16(12)11-21/h1-5,7,9-10,20H,6,8,11H2,(H,23,24). The molecular weight excluding hydrogens is 304 g/mol. The number of aromatic nitrogens is 1. The molecule has 1 aliphatic heterocycles. The van der Waals surface area contributed by atoms with Gasteiger partial charge in [-0.25, -0.2) is 4.79 Å². The Hall–Kier alpha value is -3.08. The van der Waals surface area contributed by atoms with Crippen LogP contribution in [0.3, 0.4) is 0 Å². The summed E-state index contributed by atoms with van der Waals surface area (Å²) in [5.74, 6) is -0.969. The second-order valence-corrected chi connectivity index (χ2v) is 6.05. The van der Waals surface area contributed by atoms with Gasteiger partial charge in [-0.2, -0.15) is 0 Å². The van der Waals surface area contributed by atoms with Crippen LogP contribution in [-0.2, 0) is 13.0 Å². The molecule has 0 fully saturated rings. The van der Waals surface area contributed by atoms with E-state index in [0.717, 1.165) is 28.5 Å². The number of hydrogen-bond acceptors (Lipinski definition) is 2. The highest BCUT2D eigenvalue weighted by Gasteiger charge is 2.22. The average Bonchev–Trinajstić information content (AvgIpc) is 3.07. The lowest BCUT2D eigenvalue weighted by atomic mass is 9.97. The van der Waals surface area contributed by atoms with Crippen LogP contribution in [0.5, 0.6) is 0 Å². The minimum atomic E-state index is -0.945. The van der Waals surface area contributed by atoms with Gasteiger partial charge in [0.15, 0.2) is 0 Å². The first kappa shape index (κ1) is 14.5. The molecule has 4 rings (SSSR count). The molecule has 2 N–H and O–H groups in total. The van der Waals surface area contributed by atoms with Gasteiger partial charge in [0.05, 0.1) is 5.56 Å². The molecule has 1 aromatic heterocycles. The van der Waals surface area contributed by atoms with Gasteiger partial charge in [0, 0.05) is 35.8 Å². The number of carbonyl (C=O) groups excluding carboxylic acids is 1. The Morgan fingerprint density at radius 2 is 1.83 bits per heavy atom. The van der Waals surface area contributed by atoms with Crippen LogP contribution in [0.25, 0.3) is 10.9 Å². The number of benzene rings is 2. The zero-order chi connectivity index (χ0) is 16.7. The van der Waals surface area contributed by atoms with Gasteiger partial charge >= 0.3 is 5.97 Å². The number of carbonyl (C=O) groups is 2. The summed E-state index contributed by atoms with van der Waals surface area (Å²) in [7, 11) is 0. The topological polar surface area (TPSA) is 73.4 Å². The molecule has 5 nitrogen and oxygen atoms in total. The number of rotatable bonds is 2. The van der Waals surface area contributed by atoms with Gasteiger partial charge in [-0.3, -0.25) is 4.79 Å². The Bertz CT molecular complexity index is 958. The number of nitrogens with zero attached hydrogens (tertiary/aromatic N) is 1. The second-order valence-electron chi connectivity index (χ2n) is 6.05. The van der Waals surface area contributed by atoms with E-state index in [0.29, 0.717) is 18.7 Å². The second kappa shape index (κ2) is 5.53. The summed E-state index contributed by atoms with van der Waals surface area (Å²) in [6.07, 6.45) is 2.59. The van der Waals surface area contributed by atoms with Crippen molar-refractivity contribution >= 4 is 22.8 Å². The van der Waals surface area contributed by atoms with Crippen molar-refractivity contribution in [2.45, 2.75) is 13.0 Å². The Balaban J connectivity index is 1.62. The molecule has 1 amide bonds. The molecule has 5 heteroatoms. The maximum absolute atomic E-state index is 12.8. The molecule has 0 unspecified atom stereocenters. The molecule has 0 bridgehead atoms. The van der Waals surface area contributed by atoms with Crippen LogP contribution in [-0.4, -0.2) is 33.4 Å². The molecule has 120 valence electrons. The summed E-state index contributed by atoms with van der Waals surface area (Å²) in [6.45, 7) is 1.09. The molecule has 2 heterocycles. The lowest BCUT2D eigenvalue weighted by Crippen LogP contribution is -2.36. The maximum Gasteiger partial charge on any atom is 0.335 e. The third kappa shape index (κ3) is 2.44. The zero-order valence-corrected chi connectivity index (χ0v) is 13.0. The molecule has 2 aromatic carbocycles. The number of amides is 1. The summed E-state index contributed by atoms with van der Waals surface area (Å²) < 4.78 is 0. The van der Waals surface area contributed by atoms with E-state index < -0.39 is 5.97 Å². The maximum atomic E-state index is 12.8. The fourth-order valence-electron chi connectivity index (χ4n) is 3.23. The number of fused-ring (bicyclic) bond motifs is 2. The van der Waals surface area contributed by atoms with Crippen LogP contribution < -0.4 is 0 Å². The predicted octanol–water partition coefficient (Wildman–Crippen LogP) is 3.06. The smallest absolute Gasteiger partial charge is 0.335 e. The van der Waals surface area contributed by atoms with Crippen LogP contribution in [0.2, 0.25) is 0 Å². The van der Waals surface area contributed by atoms with Crippen molar-refractivity contribution < 1.29 is 14.7 Å². The van der Waals surface area contributed by atoms with Crippen LogP contribution in [0.15, 0.2) is 48.7 Å². The van der Waals surface area contributed by atoms with Crippen molar-refractivity contribution in [1.29, 1.82) is 0 Å². The van der Waals surface area contributed by atoms with Crippen LogP contribution in [0, 0.1) is 0 Å². The van der Waals surface area contributed by atoms with E-state index in [4.69, 9.17) is 5.11 Å². The first-order valence-corrected chi connectivity index (χ1v) is 7.83. The van der Waals surface area contributed by atoms with Crippen LogP contribution in [0.4, 0.5) is 0 Å². The first-order chi connectivity index (χ1) is 11.6. The number of aromatic carboxylic acids is 1. The lowest BCUT2D eigenvalue weighted by Gasteiger charge is -2.29. The largest absolute Gasteiger partial charge is 0.478 e. The van der Waals surface area contributed by atoms with E-state index in [1.165, 1.54) is 0 Å². The summed E-state index contributed by atoms with van der Waals surface area (Å²) in [5.41, 5.74) is 3.95. The SMILES string of the molecule is O=C(O)c1ccc2c(c1)CN(C(=O)c1ccc3[nH]ccc3c1)CC2. The van der Waals surface area contributed by atoms with Crippen molar-refractivity contribution in [2.24, 2.45) is 0 Å². The van der Waals surface area contributed by atoms with Crippen molar-refractivity contribution in [3.05, 3.63) is 70.9 Å². The average molecular weight is 320 g/mol. The molecule has 3 aromatic rings. The molecule has 1 aliphatic rings. The quantitative estimate of drug-likeness (QED) is 0.762. The highest BCUT2D eigenvalue weighted by Crippen LogP contribution is 2.23. The van der Waals surface area contributed by atoms with E-state index in [2.05, 4.69) is 4.98 Å². The predicted molar refractivity (Wildman–Crippen MR) is 90.1 cm³/mol. The van der Waals surface area contributed by atoms with E-state index in [-0.39, 0.29) is 11.5 Å². The van der Waals surface area contributed by atoms with Crippen molar-refractivity contribution in [1.82, 2.24) is 9.88 Å². The minimum absolute atomic E-state index is 0.0236. The number of carboxylic acid groups (broad SMARTS) is 1. The fraction of sp³-hybridized carbons (Fsp3) is 0.158. The van der Waals surface area contributed by atoms with E-state index >= 15 is 0 Å². The molecule has 0 aliphatic carbocycles. The van der Waals surface area contributed by atoms with Gasteiger partial charge in [0.1, 0.15) is 0 Å². The number of H-pyrrole nitrogens is 1. The van der Waals surface area contributed by atoms with Gasteiger partial charge in [0.2, 0.25) is 0 Å². The lowest BCUT2D eigenvalue weighted by molar-refractivity contribution is 0.0696. The van der Waals surface area contributed by atoms with Crippen molar-refractivity contribution in [3.63, 3.8) is 0 Å². The first-order valence-electron chi connectivity index (χ1n) is 7.83. The molecule has 0 spiro atoms. The number of carboxylic acids is 1. The Morgan fingerprint density at radius 3 is 2.67 bits per heavy atom. The highest BCUT2D eigenvalue weighted by molar-refractivity contribution is 5.98. The normalized spacial score (nSPS) is 13.8. The van der Waals surface area contributed by atoms with Crippen LogP contribution >= 0.6 is 0 Å². The Labute approximate surface area is 138 Å². The summed E-state index contributed by atoms with van der Waals surface area (Å²) in [6, 6.07) is 12.7. The molecule has 0 saturated heterocycles. The van der Waals surface area contributed by atoms with Gasteiger partial charge in [-0.15, -0.1) is 0 Å². The third-order valence-electron chi connectivity index (χ3n) is 4.55. The molecule has 0 saturated carbocycles. The third-order valence-corrected chi connectivity index (χ3v) is 4.55. The van der Waals surface area contributed by atoms with Gasteiger partial charge in [0.25, 0.3) is 5.91 Å². The number of aromatic amines is 1. The summed E-state index contributed by atoms with van der Waals surface area (Å²) >= 11 is 0. The molecule has 0 radical (unpaired) electrons. The van der Waals surface area contributed by atoms with Gasteiger partial charge in [-0.05, 0) is 53.9 Å². The zero-order valence-electron chi connectivity index (χ0n) is 13.0. The van der Waals surface area contributed by atoms with Crippen molar-refractivity contribution in [2.75, 3.05) is 6.54 Å². The summed E-state index contributed by atoms with van der Waals surface area (Å²) in [5, 5.41) is 10.1. The van der Waals surface area contributed by atoms with E-state index in [1.807, 2.05) is 36.5 Å². The van der Waals surface area contributed by atoms with Crippen LogP contribution in [0.1, 0.15) is 31.8 Å². The summed E-state index contributed by atoms with van der Waals surface area (Å²) in [4.78, 5) is 28.8. The van der Waals surface area contributed by atoms with E-state index in [1.54, 1.807) is 17.0 Å².